The van der Waals surface area contributed by atoms with Gasteiger partial charge in [-0.2, -0.15) is 18.3 Å². The predicted octanol–water partition coefficient (Wildman–Crippen LogP) is 4.81. The van der Waals surface area contributed by atoms with Crippen LogP contribution in [0.25, 0.3) is 16.8 Å². The number of ether oxygens (including phenoxy) is 1. The lowest BCUT2D eigenvalue weighted by Crippen LogP contribution is -2.49. The number of rotatable bonds is 13. The highest BCUT2D eigenvalue weighted by Crippen LogP contribution is 2.33. The molecule has 0 aliphatic heterocycles. The lowest BCUT2D eigenvalue weighted by molar-refractivity contribution is -0.141. The molecule has 1 aromatic heterocycles. The summed E-state index contributed by atoms with van der Waals surface area (Å²) in [5.74, 6) is -3.99. The Morgan fingerprint density at radius 2 is 1.63 bits per heavy atom. The van der Waals surface area contributed by atoms with Gasteiger partial charge in [0.25, 0.3) is 11.8 Å². The fraction of sp³-hybridized carbons (Fsp3) is 0.189. The molecule has 1 atom stereocenters. The van der Waals surface area contributed by atoms with Crippen molar-refractivity contribution >= 4 is 33.2 Å². The molecule has 0 spiro atoms. The second-order valence-electron chi connectivity index (χ2n) is 11.9. The van der Waals surface area contributed by atoms with Gasteiger partial charge in [0.1, 0.15) is 23.3 Å². The van der Waals surface area contributed by atoms with Crippen LogP contribution in [0, 0.1) is 5.82 Å². The van der Waals surface area contributed by atoms with Crippen molar-refractivity contribution in [3.8, 4) is 22.6 Å². The Hall–Kier alpha value is -6.07. The number of sulfone groups is 1. The Labute approximate surface area is 306 Å². The van der Waals surface area contributed by atoms with Gasteiger partial charge in [-0.25, -0.2) is 17.5 Å². The molecule has 0 saturated heterocycles. The number of nitrogens with zero attached hydrogens (tertiary/aromatic N) is 2. The number of amides is 3. The maximum atomic E-state index is 15.4. The van der Waals surface area contributed by atoms with Gasteiger partial charge in [-0.3, -0.25) is 14.4 Å². The van der Waals surface area contributed by atoms with Gasteiger partial charge in [0, 0.05) is 24.4 Å². The number of carbonyl (C=O) groups is 3. The zero-order valence-corrected chi connectivity index (χ0v) is 29.5. The Bertz CT molecular complexity index is 2300. The summed E-state index contributed by atoms with van der Waals surface area (Å²) in [7, 11) is -2.44. The molecule has 0 radical (unpaired) electrons. The lowest BCUT2D eigenvalue weighted by Gasteiger charge is -2.18. The van der Waals surface area contributed by atoms with Crippen molar-refractivity contribution in [1.82, 2.24) is 20.4 Å². The van der Waals surface area contributed by atoms with Crippen LogP contribution in [0.3, 0.4) is 0 Å². The number of hydrogen-bond donors (Lipinski definition) is 4. The summed E-state index contributed by atoms with van der Waals surface area (Å²) in [6, 6.07) is 20.9. The maximum Gasteiger partial charge on any atom is 0.435 e. The first-order valence-electron chi connectivity index (χ1n) is 16.1. The summed E-state index contributed by atoms with van der Waals surface area (Å²) in [5.41, 5.74) is -2.23. The van der Waals surface area contributed by atoms with Gasteiger partial charge >= 0.3 is 6.18 Å². The molecule has 0 saturated carbocycles. The number of aliphatic hydroxyl groups excluding tert-OH is 1. The van der Waals surface area contributed by atoms with Crippen molar-refractivity contribution in [2.75, 3.05) is 31.8 Å². The van der Waals surface area contributed by atoms with Crippen LogP contribution >= 0.6 is 0 Å². The second-order valence-corrected chi connectivity index (χ2v) is 13.8. The highest BCUT2D eigenvalue weighted by molar-refractivity contribution is 7.90. The van der Waals surface area contributed by atoms with E-state index in [0.717, 1.165) is 36.1 Å². The summed E-state index contributed by atoms with van der Waals surface area (Å²) in [4.78, 5) is 40.0. The zero-order chi connectivity index (χ0) is 39.2. The topological polar surface area (TPSA) is 169 Å². The number of benzene rings is 4. The molecule has 282 valence electrons. The van der Waals surface area contributed by atoms with Crippen molar-refractivity contribution < 1.29 is 50.2 Å². The smallest absolute Gasteiger partial charge is 0.435 e. The van der Waals surface area contributed by atoms with Gasteiger partial charge in [-0.15, -0.1) is 0 Å². The molecule has 4 N–H and O–H groups in total. The molecule has 4 aromatic carbocycles. The van der Waals surface area contributed by atoms with Gasteiger partial charge in [0.2, 0.25) is 5.91 Å². The summed E-state index contributed by atoms with van der Waals surface area (Å²) in [6.07, 6.45) is -3.62. The molecule has 5 rings (SSSR count). The van der Waals surface area contributed by atoms with E-state index in [-0.39, 0.29) is 34.0 Å². The molecule has 54 heavy (non-hydrogen) atoms. The molecule has 5 aromatic rings. The minimum absolute atomic E-state index is 0.0712. The number of anilines is 1. The van der Waals surface area contributed by atoms with Gasteiger partial charge in [0.05, 0.1) is 35.6 Å². The molecule has 17 heteroatoms. The van der Waals surface area contributed by atoms with Gasteiger partial charge in [-0.05, 0) is 53.9 Å². The van der Waals surface area contributed by atoms with Gasteiger partial charge in [0.15, 0.2) is 15.5 Å². The van der Waals surface area contributed by atoms with Crippen molar-refractivity contribution in [3.05, 3.63) is 125 Å². The first-order valence-corrected chi connectivity index (χ1v) is 18.0. The summed E-state index contributed by atoms with van der Waals surface area (Å²) < 4.78 is 87.7. The summed E-state index contributed by atoms with van der Waals surface area (Å²) >= 11 is 0. The van der Waals surface area contributed by atoms with Crippen LogP contribution in [0.4, 0.5) is 23.2 Å². The highest BCUT2D eigenvalue weighted by atomic mass is 32.2. The van der Waals surface area contributed by atoms with Crippen LogP contribution in [-0.4, -0.2) is 73.6 Å². The summed E-state index contributed by atoms with van der Waals surface area (Å²) in [5, 5.41) is 20.7. The average molecular weight is 768 g/mol. The van der Waals surface area contributed by atoms with E-state index in [4.69, 9.17) is 4.74 Å². The quantitative estimate of drug-likeness (QED) is 0.124. The van der Waals surface area contributed by atoms with E-state index in [1.165, 1.54) is 37.4 Å². The van der Waals surface area contributed by atoms with E-state index >= 15 is 4.39 Å². The summed E-state index contributed by atoms with van der Waals surface area (Å²) in [6.45, 7) is -0.664. The third-order valence-electron chi connectivity index (χ3n) is 8.08. The molecule has 0 unspecified atom stereocenters. The number of hydrogen-bond acceptors (Lipinski definition) is 8. The van der Waals surface area contributed by atoms with E-state index in [9.17, 15) is 41.1 Å². The van der Waals surface area contributed by atoms with Crippen LogP contribution in [0.15, 0.2) is 102 Å². The minimum Gasteiger partial charge on any atom is -0.497 e. The molecule has 0 fully saturated rings. The standard InChI is InChI=1S/C37H33F4N5O7S/c1-53-24-13-15-30(26(19-24)34(48)44-29(21-47)35(49)42-17-16-22-8-4-3-5-9-22)46-31(20-33(45-46)37(39,40)41)36(50)43-28-14-12-23(18-27(28)38)25-10-6-7-11-32(25)54(2,51)52/h3-15,18-20,29,47H,16-17,21H2,1-2H3,(H,42,49)(H,43,50)(H,44,48)/t29-/m0/s1. The van der Waals surface area contributed by atoms with Crippen LogP contribution < -0.4 is 20.7 Å². The van der Waals surface area contributed by atoms with Crippen molar-refractivity contribution in [2.45, 2.75) is 23.5 Å². The average Bonchev–Trinajstić information content (AvgIpc) is 3.61. The fourth-order valence-electron chi connectivity index (χ4n) is 5.40. The van der Waals surface area contributed by atoms with Crippen LogP contribution in [-0.2, 0) is 27.2 Å². The van der Waals surface area contributed by atoms with E-state index in [1.54, 1.807) is 6.07 Å². The van der Waals surface area contributed by atoms with Crippen molar-refractivity contribution in [2.24, 2.45) is 0 Å². The zero-order valence-electron chi connectivity index (χ0n) is 28.6. The van der Waals surface area contributed by atoms with Crippen LogP contribution in [0.2, 0.25) is 0 Å². The monoisotopic (exact) mass is 767 g/mol. The number of alkyl halides is 3. The Kier molecular flexibility index (Phi) is 11.8. The van der Waals surface area contributed by atoms with Gasteiger partial charge < -0.3 is 25.8 Å². The Balaban J connectivity index is 1.45. The number of nitrogens with one attached hydrogen (secondary N) is 3. The Morgan fingerprint density at radius 1 is 0.926 bits per heavy atom. The van der Waals surface area contributed by atoms with Gasteiger partial charge in [-0.1, -0.05) is 54.6 Å². The molecular formula is C37H33F4N5O7S. The lowest BCUT2D eigenvalue weighted by atomic mass is 10.0. The van der Waals surface area contributed by atoms with E-state index in [2.05, 4.69) is 21.0 Å². The predicted molar refractivity (Wildman–Crippen MR) is 190 cm³/mol. The largest absolute Gasteiger partial charge is 0.497 e. The van der Waals surface area contributed by atoms with E-state index < -0.39 is 74.8 Å². The van der Waals surface area contributed by atoms with Crippen LogP contribution in [0.5, 0.6) is 5.75 Å². The number of methoxy groups -OCH3 is 1. The Morgan fingerprint density at radius 3 is 2.28 bits per heavy atom. The van der Waals surface area contributed by atoms with E-state index in [0.29, 0.717) is 17.2 Å². The molecule has 0 aliphatic rings. The fourth-order valence-corrected chi connectivity index (χ4v) is 6.31. The first-order chi connectivity index (χ1) is 25.6. The SMILES string of the molecule is COc1ccc(-n2nc(C(F)(F)F)cc2C(=O)Nc2ccc(-c3ccccc3S(C)(=O)=O)cc2F)c(C(=O)N[C@@H](CO)C(=O)NCCc2ccccc2)c1. The van der Waals surface area contributed by atoms with Crippen LogP contribution in [0.1, 0.15) is 32.1 Å². The van der Waals surface area contributed by atoms with Crippen molar-refractivity contribution in [3.63, 3.8) is 0 Å². The van der Waals surface area contributed by atoms with E-state index in [1.807, 2.05) is 30.3 Å². The second kappa shape index (κ2) is 16.3. The molecule has 1 heterocycles. The molecule has 12 nitrogen and oxygen atoms in total. The normalized spacial score (nSPS) is 12.1. The molecule has 3 amide bonds. The maximum absolute atomic E-state index is 15.4. The third kappa shape index (κ3) is 9.10. The number of aromatic nitrogens is 2. The molecule has 0 aliphatic carbocycles. The number of aliphatic hydroxyl groups is 1. The highest BCUT2D eigenvalue weighted by Gasteiger charge is 2.37. The third-order valence-corrected chi connectivity index (χ3v) is 9.24. The number of carbonyl (C=O) groups excluding carboxylic acids is 3. The molecular weight excluding hydrogens is 734 g/mol. The number of halogens is 4. The minimum atomic E-state index is -5.06. The first kappa shape index (κ1) is 39.1. The molecule has 0 bridgehead atoms. The van der Waals surface area contributed by atoms with Crippen molar-refractivity contribution in [1.29, 1.82) is 0 Å².